The Morgan fingerprint density at radius 1 is 1.06 bits per heavy atom. The molecule has 3 rings (SSSR count). The molecule has 1 saturated heterocycles. The van der Waals surface area contributed by atoms with E-state index in [1.54, 1.807) is 36.2 Å². The average Bonchev–Trinajstić information content (AvgIpc) is 3.02. The topological polar surface area (TPSA) is 76.2 Å². The lowest BCUT2D eigenvalue weighted by molar-refractivity contribution is -0.143. The molecule has 0 saturated carbocycles. The SMILES string of the molecule is COCCN1C(=O)C[C@@](CC(=O)N(C)Cc2ccccc2)(c2ccccc2OC)C1=O. The molecule has 1 heterocycles. The minimum Gasteiger partial charge on any atom is -0.496 e. The Hall–Kier alpha value is -3.19. The first kappa shape index (κ1) is 22.5. The largest absolute Gasteiger partial charge is 0.496 e. The average molecular weight is 424 g/mol. The number of carbonyl (C=O) groups is 3. The van der Waals surface area contributed by atoms with Gasteiger partial charge in [0.25, 0.3) is 0 Å². The second-order valence-corrected chi connectivity index (χ2v) is 7.71. The van der Waals surface area contributed by atoms with E-state index in [1.165, 1.54) is 19.1 Å². The van der Waals surface area contributed by atoms with Gasteiger partial charge in [-0.1, -0.05) is 48.5 Å². The summed E-state index contributed by atoms with van der Waals surface area (Å²) in [6.07, 6.45) is -0.203. The van der Waals surface area contributed by atoms with Crippen LogP contribution in [0.1, 0.15) is 24.0 Å². The Balaban J connectivity index is 1.94. The third-order valence-electron chi connectivity index (χ3n) is 5.69. The van der Waals surface area contributed by atoms with E-state index < -0.39 is 5.41 Å². The highest BCUT2D eigenvalue weighted by molar-refractivity contribution is 6.11. The van der Waals surface area contributed by atoms with Gasteiger partial charge in [-0.3, -0.25) is 19.3 Å². The third-order valence-corrected chi connectivity index (χ3v) is 5.69. The molecule has 2 aromatic carbocycles. The van der Waals surface area contributed by atoms with Crippen LogP contribution in [0.4, 0.5) is 0 Å². The van der Waals surface area contributed by atoms with E-state index >= 15 is 0 Å². The van der Waals surface area contributed by atoms with Crippen LogP contribution in [0.15, 0.2) is 54.6 Å². The number of methoxy groups -OCH3 is 2. The van der Waals surface area contributed by atoms with E-state index in [0.29, 0.717) is 17.9 Å². The summed E-state index contributed by atoms with van der Waals surface area (Å²) in [5.41, 5.74) is 0.233. The molecule has 1 aliphatic heterocycles. The van der Waals surface area contributed by atoms with Crippen LogP contribution >= 0.6 is 0 Å². The van der Waals surface area contributed by atoms with Crippen molar-refractivity contribution in [1.82, 2.24) is 9.80 Å². The van der Waals surface area contributed by atoms with Crippen molar-refractivity contribution in [2.45, 2.75) is 24.8 Å². The van der Waals surface area contributed by atoms with Crippen LogP contribution in [0.25, 0.3) is 0 Å². The minimum absolute atomic E-state index is 0.0825. The number of nitrogens with zero attached hydrogens (tertiary/aromatic N) is 2. The van der Waals surface area contributed by atoms with Crippen LogP contribution in [0.5, 0.6) is 5.75 Å². The van der Waals surface area contributed by atoms with Gasteiger partial charge < -0.3 is 14.4 Å². The van der Waals surface area contributed by atoms with Crippen LogP contribution in [-0.4, -0.2) is 61.9 Å². The van der Waals surface area contributed by atoms with Gasteiger partial charge in [0.2, 0.25) is 17.7 Å². The number of likely N-dealkylation sites (tertiary alicyclic amines) is 1. The Labute approximate surface area is 182 Å². The lowest BCUT2D eigenvalue weighted by Gasteiger charge is -2.30. The van der Waals surface area contributed by atoms with Crippen molar-refractivity contribution in [2.24, 2.45) is 0 Å². The van der Waals surface area contributed by atoms with Crippen LogP contribution in [0, 0.1) is 0 Å². The lowest BCUT2D eigenvalue weighted by atomic mass is 9.75. The molecule has 0 aromatic heterocycles. The predicted molar refractivity (Wildman–Crippen MR) is 115 cm³/mol. The summed E-state index contributed by atoms with van der Waals surface area (Å²) >= 11 is 0. The Kier molecular flexibility index (Phi) is 7.07. The summed E-state index contributed by atoms with van der Waals surface area (Å²) in [5, 5.41) is 0. The molecule has 1 aliphatic rings. The van der Waals surface area contributed by atoms with Gasteiger partial charge in [0.15, 0.2) is 0 Å². The van der Waals surface area contributed by atoms with Crippen molar-refractivity contribution in [1.29, 1.82) is 0 Å². The molecule has 31 heavy (non-hydrogen) atoms. The number of carbonyl (C=O) groups excluding carboxylic acids is 3. The summed E-state index contributed by atoms with van der Waals surface area (Å²) in [7, 11) is 4.73. The van der Waals surface area contributed by atoms with Crippen LogP contribution in [0.2, 0.25) is 0 Å². The summed E-state index contributed by atoms with van der Waals surface area (Å²) in [5.74, 6) is -0.438. The number of amides is 3. The van der Waals surface area contributed by atoms with Crippen molar-refractivity contribution in [3.8, 4) is 5.75 Å². The van der Waals surface area contributed by atoms with Gasteiger partial charge in [-0.2, -0.15) is 0 Å². The van der Waals surface area contributed by atoms with Crippen LogP contribution < -0.4 is 4.74 Å². The van der Waals surface area contributed by atoms with Gasteiger partial charge in [0.05, 0.1) is 25.7 Å². The van der Waals surface area contributed by atoms with Crippen molar-refractivity contribution in [3.05, 3.63) is 65.7 Å². The molecule has 0 N–H and O–H groups in total. The monoisotopic (exact) mass is 424 g/mol. The molecule has 1 fully saturated rings. The van der Waals surface area contributed by atoms with Crippen LogP contribution in [0.3, 0.4) is 0 Å². The number of imide groups is 1. The van der Waals surface area contributed by atoms with Crippen molar-refractivity contribution >= 4 is 17.7 Å². The van der Waals surface area contributed by atoms with E-state index in [4.69, 9.17) is 9.47 Å². The molecule has 0 radical (unpaired) electrons. The van der Waals surface area contributed by atoms with Gasteiger partial charge in [-0.25, -0.2) is 0 Å². The first-order valence-corrected chi connectivity index (χ1v) is 10.2. The highest BCUT2D eigenvalue weighted by atomic mass is 16.5. The fourth-order valence-corrected chi connectivity index (χ4v) is 4.03. The summed E-state index contributed by atoms with van der Waals surface area (Å²) < 4.78 is 10.5. The van der Waals surface area contributed by atoms with E-state index in [-0.39, 0.29) is 43.7 Å². The maximum Gasteiger partial charge on any atom is 0.241 e. The molecule has 7 nitrogen and oxygen atoms in total. The molecule has 1 atom stereocenters. The first-order valence-electron chi connectivity index (χ1n) is 10.2. The molecule has 7 heteroatoms. The molecule has 2 aromatic rings. The van der Waals surface area contributed by atoms with Gasteiger partial charge >= 0.3 is 0 Å². The number of benzene rings is 2. The van der Waals surface area contributed by atoms with Gasteiger partial charge in [0.1, 0.15) is 5.75 Å². The fourth-order valence-electron chi connectivity index (χ4n) is 4.03. The number of ether oxygens (including phenoxy) is 2. The zero-order valence-electron chi connectivity index (χ0n) is 18.2. The quantitative estimate of drug-likeness (QED) is 0.578. The highest BCUT2D eigenvalue weighted by Crippen LogP contribution is 2.44. The zero-order valence-corrected chi connectivity index (χ0v) is 18.2. The Bertz CT molecular complexity index is 946. The molecule has 0 unspecified atom stereocenters. The number of hydrogen-bond donors (Lipinski definition) is 0. The number of rotatable bonds is 9. The first-order chi connectivity index (χ1) is 14.9. The number of para-hydroxylation sites is 1. The Morgan fingerprint density at radius 2 is 1.74 bits per heavy atom. The van der Waals surface area contributed by atoms with Gasteiger partial charge in [-0.15, -0.1) is 0 Å². The molecular formula is C24H28N2O5. The summed E-state index contributed by atoms with van der Waals surface area (Å²) in [4.78, 5) is 42.4. The van der Waals surface area contributed by atoms with E-state index in [0.717, 1.165) is 5.56 Å². The van der Waals surface area contributed by atoms with Gasteiger partial charge in [-0.05, 0) is 11.6 Å². The molecule has 164 valence electrons. The van der Waals surface area contributed by atoms with Crippen molar-refractivity contribution < 1.29 is 23.9 Å². The van der Waals surface area contributed by atoms with Crippen LogP contribution in [-0.2, 0) is 31.1 Å². The highest BCUT2D eigenvalue weighted by Gasteiger charge is 2.55. The van der Waals surface area contributed by atoms with E-state index in [2.05, 4.69) is 0 Å². The van der Waals surface area contributed by atoms with Crippen molar-refractivity contribution in [3.63, 3.8) is 0 Å². The smallest absolute Gasteiger partial charge is 0.241 e. The Morgan fingerprint density at radius 3 is 2.42 bits per heavy atom. The second kappa shape index (κ2) is 9.75. The van der Waals surface area contributed by atoms with E-state index in [1.807, 2.05) is 30.3 Å². The standard InChI is InChI=1S/C24H28N2O5/c1-25(17-18-9-5-4-6-10-18)21(27)15-24(19-11-7-8-12-20(19)31-3)16-22(28)26(23(24)29)13-14-30-2/h4-12H,13-17H2,1-3H3/t24-/m0/s1. The molecule has 0 aliphatic carbocycles. The minimum atomic E-state index is -1.31. The molecule has 0 spiro atoms. The normalized spacial score (nSPS) is 18.4. The zero-order chi connectivity index (χ0) is 22.4. The predicted octanol–water partition coefficient (Wildman–Crippen LogP) is 2.39. The van der Waals surface area contributed by atoms with E-state index in [9.17, 15) is 14.4 Å². The molecule has 0 bridgehead atoms. The fraction of sp³-hybridized carbons (Fsp3) is 0.375. The summed E-state index contributed by atoms with van der Waals surface area (Å²) in [6, 6.07) is 16.7. The maximum atomic E-state index is 13.6. The molecular weight excluding hydrogens is 396 g/mol. The van der Waals surface area contributed by atoms with Gasteiger partial charge in [0, 0.05) is 39.1 Å². The lowest BCUT2D eigenvalue weighted by Crippen LogP contribution is -2.43. The maximum absolute atomic E-state index is 13.6. The van der Waals surface area contributed by atoms with Crippen molar-refractivity contribution in [2.75, 3.05) is 34.4 Å². The third kappa shape index (κ3) is 4.61. The number of hydrogen-bond acceptors (Lipinski definition) is 5. The molecule has 3 amide bonds. The second-order valence-electron chi connectivity index (χ2n) is 7.71. The summed E-state index contributed by atoms with van der Waals surface area (Å²) in [6.45, 7) is 0.803.